The Hall–Kier alpha value is -0.860. The van der Waals surface area contributed by atoms with Gasteiger partial charge in [-0.3, -0.25) is 4.90 Å². The third-order valence-corrected chi connectivity index (χ3v) is 4.65. The fraction of sp³-hybridized carbons (Fsp3) is 0.667. The van der Waals surface area contributed by atoms with E-state index in [9.17, 15) is 0 Å². The lowest BCUT2D eigenvalue weighted by molar-refractivity contribution is 0.131. The van der Waals surface area contributed by atoms with Crippen molar-refractivity contribution in [3.8, 4) is 0 Å². The minimum Gasteiger partial charge on any atom is -0.313 e. The minimum atomic E-state index is 0.586. The van der Waals surface area contributed by atoms with Crippen molar-refractivity contribution in [1.29, 1.82) is 0 Å². The Morgan fingerprint density at radius 2 is 2.10 bits per heavy atom. The number of unbranched alkanes of at least 4 members (excludes halogenated alkanes) is 1. The molecule has 2 unspecified atom stereocenters. The van der Waals surface area contributed by atoms with E-state index in [1.54, 1.807) is 5.56 Å². The van der Waals surface area contributed by atoms with Gasteiger partial charge in [0, 0.05) is 18.6 Å². The molecule has 0 aliphatic carbocycles. The van der Waals surface area contributed by atoms with Gasteiger partial charge in [0.1, 0.15) is 0 Å². The zero-order valence-electron chi connectivity index (χ0n) is 13.4. The fourth-order valence-electron chi connectivity index (χ4n) is 3.24. The van der Waals surface area contributed by atoms with Crippen LogP contribution in [0.3, 0.4) is 0 Å². The molecule has 1 heterocycles. The number of nitrogens with one attached hydrogen (secondary N) is 1. The van der Waals surface area contributed by atoms with Crippen molar-refractivity contribution in [3.63, 3.8) is 0 Å². The summed E-state index contributed by atoms with van der Waals surface area (Å²) in [5, 5.41) is 3.57. The first kappa shape index (κ1) is 15.5. The van der Waals surface area contributed by atoms with Crippen molar-refractivity contribution < 1.29 is 0 Å². The van der Waals surface area contributed by atoms with Gasteiger partial charge in [-0.25, -0.2) is 0 Å². The van der Waals surface area contributed by atoms with Gasteiger partial charge in [-0.05, 0) is 50.4 Å². The van der Waals surface area contributed by atoms with Gasteiger partial charge in [0.25, 0.3) is 0 Å². The fourth-order valence-corrected chi connectivity index (χ4v) is 3.24. The Labute approximate surface area is 124 Å². The topological polar surface area (TPSA) is 15.3 Å². The summed E-state index contributed by atoms with van der Waals surface area (Å²) in [6, 6.07) is 10.2. The molecule has 1 aromatic rings. The Kier molecular flexibility index (Phi) is 6.06. The molecule has 0 radical (unpaired) electrons. The van der Waals surface area contributed by atoms with Crippen molar-refractivity contribution in [2.24, 2.45) is 0 Å². The van der Waals surface area contributed by atoms with E-state index in [0.717, 1.165) is 13.1 Å². The lowest BCUT2D eigenvalue weighted by atomic mass is 9.96. The van der Waals surface area contributed by atoms with Gasteiger partial charge < -0.3 is 5.32 Å². The van der Waals surface area contributed by atoms with Crippen LogP contribution in [0.15, 0.2) is 24.3 Å². The first-order chi connectivity index (χ1) is 9.77. The maximum Gasteiger partial charge on any atom is 0.0366 e. The molecular weight excluding hydrogens is 244 g/mol. The van der Waals surface area contributed by atoms with E-state index in [4.69, 9.17) is 0 Å². The summed E-state index contributed by atoms with van der Waals surface area (Å²) in [5.41, 5.74) is 3.04. The molecular formula is C18H30N2. The van der Waals surface area contributed by atoms with Crippen LogP contribution in [0, 0.1) is 0 Å². The van der Waals surface area contributed by atoms with Crippen LogP contribution < -0.4 is 5.32 Å². The lowest BCUT2D eigenvalue weighted by Crippen LogP contribution is -2.37. The van der Waals surface area contributed by atoms with E-state index in [0.29, 0.717) is 12.1 Å². The second-order valence-electron chi connectivity index (χ2n) is 6.03. The van der Waals surface area contributed by atoms with E-state index < -0.39 is 0 Å². The highest BCUT2D eigenvalue weighted by molar-refractivity contribution is 5.31. The molecule has 112 valence electrons. The lowest BCUT2D eigenvalue weighted by Gasteiger charge is -2.36. The third kappa shape index (κ3) is 3.62. The number of hydrogen-bond acceptors (Lipinski definition) is 2. The maximum atomic E-state index is 3.57. The van der Waals surface area contributed by atoms with Crippen molar-refractivity contribution in [2.45, 2.75) is 65.1 Å². The van der Waals surface area contributed by atoms with Crippen LogP contribution in [0.1, 0.15) is 63.6 Å². The van der Waals surface area contributed by atoms with Crippen LogP contribution in [0.25, 0.3) is 0 Å². The molecule has 0 fully saturated rings. The zero-order chi connectivity index (χ0) is 14.4. The summed E-state index contributed by atoms with van der Waals surface area (Å²) in [7, 11) is 0. The van der Waals surface area contributed by atoms with Crippen LogP contribution >= 0.6 is 0 Å². The number of nitrogens with zero attached hydrogens (tertiary/aromatic N) is 1. The molecule has 0 saturated carbocycles. The van der Waals surface area contributed by atoms with E-state index in [2.05, 4.69) is 55.3 Å². The molecule has 0 spiro atoms. The average Bonchev–Trinajstić information content (AvgIpc) is 2.70. The van der Waals surface area contributed by atoms with E-state index in [1.165, 1.54) is 37.8 Å². The molecule has 1 aromatic carbocycles. The largest absolute Gasteiger partial charge is 0.313 e. The molecule has 2 atom stereocenters. The SMILES string of the molecule is CCCCN(C(C)CC)C1CCNCc2ccccc21. The minimum absolute atomic E-state index is 0.586. The van der Waals surface area contributed by atoms with Gasteiger partial charge in [-0.15, -0.1) is 0 Å². The van der Waals surface area contributed by atoms with Gasteiger partial charge in [-0.2, -0.15) is 0 Å². The summed E-state index contributed by atoms with van der Waals surface area (Å²) in [6.45, 7) is 10.4. The highest BCUT2D eigenvalue weighted by Crippen LogP contribution is 2.31. The summed E-state index contributed by atoms with van der Waals surface area (Å²) < 4.78 is 0. The number of rotatable bonds is 6. The van der Waals surface area contributed by atoms with Crippen LogP contribution in [0.4, 0.5) is 0 Å². The van der Waals surface area contributed by atoms with Gasteiger partial charge in [0.15, 0.2) is 0 Å². The predicted molar refractivity (Wildman–Crippen MR) is 86.9 cm³/mol. The number of benzene rings is 1. The standard InChI is InChI=1S/C18H30N2/c1-4-6-13-20(15(3)5-2)18-11-12-19-14-16-9-7-8-10-17(16)18/h7-10,15,18-19H,4-6,11-14H2,1-3H3. The summed E-state index contributed by atoms with van der Waals surface area (Å²) in [6.07, 6.45) is 5.04. The second-order valence-corrected chi connectivity index (χ2v) is 6.03. The van der Waals surface area contributed by atoms with Gasteiger partial charge in [0.05, 0.1) is 0 Å². The highest BCUT2D eigenvalue weighted by atomic mass is 15.2. The molecule has 1 N–H and O–H groups in total. The number of fused-ring (bicyclic) bond motifs is 1. The molecule has 0 saturated heterocycles. The van der Waals surface area contributed by atoms with E-state index in [1.807, 2.05) is 0 Å². The first-order valence-electron chi connectivity index (χ1n) is 8.32. The van der Waals surface area contributed by atoms with Gasteiger partial charge >= 0.3 is 0 Å². The predicted octanol–water partition coefficient (Wildman–Crippen LogP) is 4.12. The van der Waals surface area contributed by atoms with Gasteiger partial charge in [0.2, 0.25) is 0 Å². The molecule has 2 heteroatoms. The average molecular weight is 274 g/mol. The van der Waals surface area contributed by atoms with Crippen LogP contribution in [0.5, 0.6) is 0 Å². The maximum absolute atomic E-state index is 3.57. The number of hydrogen-bond donors (Lipinski definition) is 1. The molecule has 0 bridgehead atoms. The first-order valence-corrected chi connectivity index (χ1v) is 8.32. The third-order valence-electron chi connectivity index (χ3n) is 4.65. The molecule has 2 rings (SSSR count). The molecule has 1 aliphatic rings. The summed E-state index contributed by atoms with van der Waals surface area (Å²) in [5.74, 6) is 0. The van der Waals surface area contributed by atoms with Crippen molar-refractivity contribution in [2.75, 3.05) is 13.1 Å². The second kappa shape index (κ2) is 7.80. The van der Waals surface area contributed by atoms with Crippen LogP contribution in [-0.2, 0) is 6.54 Å². The highest BCUT2D eigenvalue weighted by Gasteiger charge is 2.26. The Morgan fingerprint density at radius 3 is 2.85 bits per heavy atom. The Balaban J connectivity index is 2.26. The van der Waals surface area contributed by atoms with Crippen molar-refractivity contribution in [3.05, 3.63) is 35.4 Å². The molecule has 1 aliphatic heterocycles. The molecule has 20 heavy (non-hydrogen) atoms. The van der Waals surface area contributed by atoms with Crippen molar-refractivity contribution in [1.82, 2.24) is 10.2 Å². The molecule has 0 amide bonds. The normalized spacial score (nSPS) is 20.5. The smallest absolute Gasteiger partial charge is 0.0366 e. The van der Waals surface area contributed by atoms with E-state index in [-0.39, 0.29) is 0 Å². The van der Waals surface area contributed by atoms with Crippen LogP contribution in [-0.4, -0.2) is 24.0 Å². The van der Waals surface area contributed by atoms with Gasteiger partial charge in [-0.1, -0.05) is 44.5 Å². The van der Waals surface area contributed by atoms with Crippen molar-refractivity contribution >= 4 is 0 Å². The summed E-state index contributed by atoms with van der Waals surface area (Å²) >= 11 is 0. The van der Waals surface area contributed by atoms with E-state index >= 15 is 0 Å². The monoisotopic (exact) mass is 274 g/mol. The summed E-state index contributed by atoms with van der Waals surface area (Å²) in [4.78, 5) is 2.75. The molecule has 2 nitrogen and oxygen atoms in total. The zero-order valence-corrected chi connectivity index (χ0v) is 13.4. The van der Waals surface area contributed by atoms with Crippen LogP contribution in [0.2, 0.25) is 0 Å². The molecule has 0 aromatic heterocycles. The Morgan fingerprint density at radius 1 is 1.30 bits per heavy atom. The Bertz CT molecular complexity index is 402. The quantitative estimate of drug-likeness (QED) is 0.839.